The first-order valence-electron chi connectivity index (χ1n) is 13.4. The number of nitrogens with one attached hydrogen (secondary N) is 2. The second-order valence-corrected chi connectivity index (χ2v) is 10.1. The molecule has 0 aromatic heterocycles. The van der Waals surface area contributed by atoms with E-state index >= 15 is 0 Å². The van der Waals surface area contributed by atoms with E-state index in [0.29, 0.717) is 31.5 Å². The molecular formula is C27H40N4O5. The smallest absolute Gasteiger partial charge is 0.250 e. The van der Waals surface area contributed by atoms with Crippen molar-refractivity contribution in [3.05, 3.63) is 24.3 Å². The number of likely N-dealkylation sites (tertiary alicyclic amines) is 1. The molecule has 3 heterocycles. The standard InChI is InChI=1S/C27H40N4O5/c1-5-15-28-23(33)20-21-25(35)31(16-17-32)22(27(21)14-13-26(20,6-2)36-27)24(34)29-18-9-11-19(12-10-18)30(7-3)8-4/h9-12,20-22,32H,5-8,13-17H2,1-4H3,(H,28,33)(H,29,34)/t20-,21-,22?,26+,27?/m0/s1. The Morgan fingerprint density at radius 3 is 2.39 bits per heavy atom. The lowest BCUT2D eigenvalue weighted by Crippen LogP contribution is -2.53. The number of hydrogen-bond donors (Lipinski definition) is 3. The Morgan fingerprint density at radius 2 is 1.81 bits per heavy atom. The number of amides is 3. The zero-order chi connectivity index (χ0) is 26.1. The van der Waals surface area contributed by atoms with Crippen LogP contribution in [0.2, 0.25) is 0 Å². The van der Waals surface area contributed by atoms with Gasteiger partial charge in [0.05, 0.1) is 24.0 Å². The minimum atomic E-state index is -1.08. The Labute approximate surface area is 213 Å². The SMILES string of the molecule is CCCNC(=O)[C@@H]1[C@H]2C(=O)N(CCO)C(C(=O)Nc3ccc(N(CC)CC)cc3)C23CC[C@@]1(CC)O3. The van der Waals surface area contributed by atoms with Crippen molar-refractivity contribution in [2.24, 2.45) is 11.8 Å². The monoisotopic (exact) mass is 500 g/mol. The number of aliphatic hydroxyl groups excluding tert-OH is 1. The van der Waals surface area contributed by atoms with E-state index in [1.807, 2.05) is 38.1 Å². The lowest BCUT2D eigenvalue weighted by molar-refractivity contribution is -0.146. The number of carbonyl (C=O) groups excluding carboxylic acids is 3. The lowest BCUT2D eigenvalue weighted by Gasteiger charge is -2.33. The Hall–Kier alpha value is -2.65. The molecule has 2 unspecified atom stereocenters. The van der Waals surface area contributed by atoms with Gasteiger partial charge < -0.3 is 30.3 Å². The van der Waals surface area contributed by atoms with E-state index in [-0.39, 0.29) is 30.9 Å². The molecule has 9 heteroatoms. The summed E-state index contributed by atoms with van der Waals surface area (Å²) in [5.41, 5.74) is -0.143. The summed E-state index contributed by atoms with van der Waals surface area (Å²) < 4.78 is 6.66. The van der Waals surface area contributed by atoms with Crippen molar-refractivity contribution in [2.45, 2.75) is 70.6 Å². The van der Waals surface area contributed by atoms with Crippen molar-refractivity contribution >= 4 is 29.1 Å². The number of β-amino-alcohol motifs (C(OH)–C–C–N with tert-alkyl or cyclic N) is 1. The quantitative estimate of drug-likeness (QED) is 0.429. The van der Waals surface area contributed by atoms with Gasteiger partial charge in [-0.25, -0.2) is 0 Å². The van der Waals surface area contributed by atoms with Crippen LogP contribution < -0.4 is 15.5 Å². The molecule has 1 spiro atoms. The molecule has 1 aromatic carbocycles. The van der Waals surface area contributed by atoms with Crippen molar-refractivity contribution in [3.8, 4) is 0 Å². The second kappa shape index (κ2) is 10.4. The van der Waals surface area contributed by atoms with Crippen LogP contribution in [0, 0.1) is 11.8 Å². The van der Waals surface area contributed by atoms with Crippen LogP contribution in [0.25, 0.3) is 0 Å². The summed E-state index contributed by atoms with van der Waals surface area (Å²) in [6.45, 7) is 10.2. The van der Waals surface area contributed by atoms with E-state index in [2.05, 4.69) is 29.4 Å². The summed E-state index contributed by atoms with van der Waals surface area (Å²) in [7, 11) is 0. The fourth-order valence-corrected chi connectivity index (χ4v) is 6.68. The average Bonchev–Trinajstić information content (AvgIpc) is 3.48. The summed E-state index contributed by atoms with van der Waals surface area (Å²) in [5.74, 6) is -2.21. The Kier molecular flexibility index (Phi) is 7.61. The van der Waals surface area contributed by atoms with Crippen LogP contribution in [0.15, 0.2) is 24.3 Å². The number of benzene rings is 1. The van der Waals surface area contributed by atoms with Crippen LogP contribution in [0.5, 0.6) is 0 Å². The van der Waals surface area contributed by atoms with E-state index in [1.165, 1.54) is 4.90 Å². The third-order valence-electron chi connectivity index (χ3n) is 8.37. The maximum Gasteiger partial charge on any atom is 0.250 e. The van der Waals surface area contributed by atoms with Crippen LogP contribution in [-0.4, -0.2) is 77.8 Å². The minimum Gasteiger partial charge on any atom is -0.395 e. The first-order chi connectivity index (χ1) is 17.3. The Bertz CT molecular complexity index is 981. The summed E-state index contributed by atoms with van der Waals surface area (Å²) in [4.78, 5) is 44.4. The second-order valence-electron chi connectivity index (χ2n) is 10.1. The van der Waals surface area contributed by atoms with Gasteiger partial charge in [0.25, 0.3) is 0 Å². The molecule has 1 aromatic rings. The molecule has 5 atom stereocenters. The van der Waals surface area contributed by atoms with E-state index in [4.69, 9.17) is 4.74 Å². The Morgan fingerprint density at radius 1 is 1.11 bits per heavy atom. The predicted molar refractivity (Wildman–Crippen MR) is 138 cm³/mol. The van der Waals surface area contributed by atoms with Crippen molar-refractivity contribution in [1.82, 2.24) is 10.2 Å². The molecule has 0 saturated carbocycles. The van der Waals surface area contributed by atoms with Crippen LogP contribution >= 0.6 is 0 Å². The van der Waals surface area contributed by atoms with Crippen molar-refractivity contribution in [3.63, 3.8) is 0 Å². The van der Waals surface area contributed by atoms with Gasteiger partial charge in [-0.2, -0.15) is 0 Å². The molecule has 3 aliphatic heterocycles. The summed E-state index contributed by atoms with van der Waals surface area (Å²) in [6.07, 6.45) is 2.52. The molecule has 2 bridgehead atoms. The fourth-order valence-electron chi connectivity index (χ4n) is 6.68. The molecule has 0 radical (unpaired) electrons. The van der Waals surface area contributed by atoms with Crippen molar-refractivity contribution in [2.75, 3.05) is 43.0 Å². The third kappa shape index (κ3) is 4.06. The van der Waals surface area contributed by atoms with Gasteiger partial charge in [0.1, 0.15) is 11.6 Å². The van der Waals surface area contributed by atoms with Gasteiger partial charge in [-0.15, -0.1) is 0 Å². The van der Waals surface area contributed by atoms with Crippen LogP contribution in [0.3, 0.4) is 0 Å². The molecule has 36 heavy (non-hydrogen) atoms. The molecule has 3 aliphatic rings. The minimum absolute atomic E-state index is 0.0157. The van der Waals surface area contributed by atoms with Gasteiger partial charge in [0.2, 0.25) is 17.7 Å². The van der Waals surface area contributed by atoms with Crippen molar-refractivity contribution in [1.29, 1.82) is 0 Å². The van der Waals surface area contributed by atoms with Gasteiger partial charge >= 0.3 is 0 Å². The zero-order valence-electron chi connectivity index (χ0n) is 21.9. The molecule has 198 valence electrons. The van der Waals surface area contributed by atoms with Crippen molar-refractivity contribution < 1.29 is 24.2 Å². The fraction of sp³-hybridized carbons (Fsp3) is 0.667. The largest absolute Gasteiger partial charge is 0.395 e. The topological polar surface area (TPSA) is 111 Å². The van der Waals surface area contributed by atoms with Gasteiger partial charge in [-0.05, 0) is 63.8 Å². The molecule has 3 amide bonds. The zero-order valence-corrected chi connectivity index (χ0v) is 21.9. The highest BCUT2D eigenvalue weighted by atomic mass is 16.5. The number of hydrogen-bond acceptors (Lipinski definition) is 6. The van der Waals surface area contributed by atoms with E-state index in [9.17, 15) is 19.5 Å². The first kappa shape index (κ1) is 26.4. The van der Waals surface area contributed by atoms with Crippen LogP contribution in [0.1, 0.15) is 53.4 Å². The van der Waals surface area contributed by atoms with Crippen LogP contribution in [0.4, 0.5) is 11.4 Å². The number of aliphatic hydroxyl groups is 1. The molecule has 3 fully saturated rings. The Balaban J connectivity index is 1.64. The number of carbonyl (C=O) groups is 3. The third-order valence-corrected chi connectivity index (χ3v) is 8.37. The molecule has 3 saturated heterocycles. The highest BCUT2D eigenvalue weighted by Crippen LogP contribution is 2.64. The molecular weight excluding hydrogens is 460 g/mol. The maximum absolute atomic E-state index is 13.8. The van der Waals surface area contributed by atoms with Gasteiger partial charge in [0, 0.05) is 37.6 Å². The van der Waals surface area contributed by atoms with Gasteiger partial charge in [0.15, 0.2) is 0 Å². The van der Waals surface area contributed by atoms with E-state index in [0.717, 1.165) is 25.2 Å². The lowest BCUT2D eigenvalue weighted by atomic mass is 9.65. The van der Waals surface area contributed by atoms with E-state index in [1.54, 1.807) is 0 Å². The van der Waals surface area contributed by atoms with E-state index < -0.39 is 29.1 Å². The molecule has 3 N–H and O–H groups in total. The number of nitrogens with zero attached hydrogens (tertiary/aromatic N) is 2. The normalized spacial score (nSPS) is 30.4. The summed E-state index contributed by atoms with van der Waals surface area (Å²) >= 11 is 0. The number of ether oxygens (including phenoxy) is 1. The van der Waals surface area contributed by atoms with Gasteiger partial charge in [-0.1, -0.05) is 13.8 Å². The number of anilines is 2. The van der Waals surface area contributed by atoms with Gasteiger partial charge in [-0.3, -0.25) is 14.4 Å². The predicted octanol–water partition coefficient (Wildman–Crippen LogP) is 2.14. The highest BCUT2D eigenvalue weighted by molar-refractivity contribution is 6.03. The first-order valence-corrected chi connectivity index (χ1v) is 13.4. The summed E-state index contributed by atoms with van der Waals surface area (Å²) in [6, 6.07) is 6.73. The molecule has 0 aliphatic carbocycles. The number of fused-ring (bicyclic) bond motifs is 1. The average molecular weight is 501 g/mol. The molecule has 9 nitrogen and oxygen atoms in total. The number of rotatable bonds is 11. The van der Waals surface area contributed by atoms with Crippen LogP contribution in [-0.2, 0) is 19.1 Å². The maximum atomic E-state index is 13.8. The molecule has 4 rings (SSSR count). The highest BCUT2D eigenvalue weighted by Gasteiger charge is 2.78. The summed E-state index contributed by atoms with van der Waals surface area (Å²) in [5, 5.41) is 15.7.